The quantitative estimate of drug-likeness (QED) is 0.845. The standard InChI is InChI=1S/C23H31N5O2/c29-22(16-4-1-2-5-16)27-12-8-17(9-13-27)23(30)28-11-3-6-18(15-28)21-25-19-7-10-24-14-20(19)26-21/h7,10,14,16-18H,1-6,8-9,11-13,15H2,(H,25,26). The summed E-state index contributed by atoms with van der Waals surface area (Å²) in [5, 5.41) is 0. The Kier molecular flexibility index (Phi) is 5.44. The number of aromatic amines is 1. The van der Waals surface area contributed by atoms with Crippen molar-refractivity contribution in [2.75, 3.05) is 26.2 Å². The molecule has 3 fully saturated rings. The summed E-state index contributed by atoms with van der Waals surface area (Å²) in [5.74, 6) is 2.10. The number of nitrogens with one attached hydrogen (secondary N) is 1. The number of aromatic nitrogens is 3. The zero-order chi connectivity index (χ0) is 20.5. The van der Waals surface area contributed by atoms with Crippen molar-refractivity contribution in [1.82, 2.24) is 24.8 Å². The first-order valence-electron chi connectivity index (χ1n) is 11.6. The second-order valence-corrected chi connectivity index (χ2v) is 9.22. The van der Waals surface area contributed by atoms with Gasteiger partial charge in [-0.15, -0.1) is 0 Å². The van der Waals surface area contributed by atoms with Crippen molar-refractivity contribution < 1.29 is 9.59 Å². The molecular weight excluding hydrogens is 378 g/mol. The molecule has 0 bridgehead atoms. The average Bonchev–Trinajstić information content (AvgIpc) is 3.48. The molecule has 4 heterocycles. The third-order valence-corrected chi connectivity index (χ3v) is 7.28. The van der Waals surface area contributed by atoms with Crippen LogP contribution in [0, 0.1) is 11.8 Å². The summed E-state index contributed by atoms with van der Waals surface area (Å²) in [6, 6.07) is 1.92. The van der Waals surface area contributed by atoms with E-state index < -0.39 is 0 Å². The van der Waals surface area contributed by atoms with Crippen molar-refractivity contribution in [3.05, 3.63) is 24.3 Å². The Balaban J connectivity index is 1.18. The van der Waals surface area contributed by atoms with Crippen LogP contribution in [0.5, 0.6) is 0 Å². The molecule has 0 spiro atoms. The number of likely N-dealkylation sites (tertiary alicyclic amines) is 2. The fourth-order valence-electron chi connectivity index (χ4n) is 5.51. The maximum absolute atomic E-state index is 13.2. The molecule has 1 aliphatic carbocycles. The summed E-state index contributed by atoms with van der Waals surface area (Å²) in [7, 11) is 0. The molecule has 7 nitrogen and oxygen atoms in total. The maximum atomic E-state index is 13.2. The molecule has 2 aliphatic heterocycles. The van der Waals surface area contributed by atoms with Crippen molar-refractivity contribution in [3.63, 3.8) is 0 Å². The Hall–Kier alpha value is -2.44. The maximum Gasteiger partial charge on any atom is 0.225 e. The fourth-order valence-corrected chi connectivity index (χ4v) is 5.51. The van der Waals surface area contributed by atoms with Gasteiger partial charge in [-0.1, -0.05) is 12.8 Å². The molecular formula is C23H31N5O2. The zero-order valence-electron chi connectivity index (χ0n) is 17.6. The highest BCUT2D eigenvalue weighted by molar-refractivity contribution is 5.81. The Morgan fingerprint density at radius 3 is 2.40 bits per heavy atom. The minimum absolute atomic E-state index is 0.0521. The van der Waals surface area contributed by atoms with Crippen LogP contribution in [0.4, 0.5) is 0 Å². The van der Waals surface area contributed by atoms with Gasteiger partial charge in [-0.25, -0.2) is 4.98 Å². The molecule has 160 valence electrons. The molecule has 1 saturated carbocycles. The van der Waals surface area contributed by atoms with Crippen molar-refractivity contribution in [2.45, 2.75) is 57.3 Å². The van der Waals surface area contributed by atoms with Crippen LogP contribution < -0.4 is 0 Å². The minimum atomic E-state index is 0.0521. The number of rotatable bonds is 3. The van der Waals surface area contributed by atoms with Crippen molar-refractivity contribution in [1.29, 1.82) is 0 Å². The molecule has 2 saturated heterocycles. The Bertz CT molecular complexity index is 878. The van der Waals surface area contributed by atoms with Crippen LogP contribution in [-0.4, -0.2) is 62.7 Å². The molecule has 5 rings (SSSR count). The topological polar surface area (TPSA) is 82.2 Å². The molecule has 30 heavy (non-hydrogen) atoms. The smallest absolute Gasteiger partial charge is 0.225 e. The number of nitrogens with zero attached hydrogens (tertiary/aromatic N) is 4. The number of amides is 2. The van der Waals surface area contributed by atoms with Crippen LogP contribution in [0.25, 0.3) is 11.0 Å². The summed E-state index contributed by atoms with van der Waals surface area (Å²) in [4.78, 5) is 42.2. The molecule has 1 unspecified atom stereocenters. The molecule has 2 amide bonds. The average molecular weight is 410 g/mol. The van der Waals surface area contributed by atoms with Gasteiger partial charge in [0.2, 0.25) is 11.8 Å². The number of hydrogen-bond acceptors (Lipinski definition) is 4. The van der Waals surface area contributed by atoms with Gasteiger partial charge in [0.05, 0.1) is 17.2 Å². The van der Waals surface area contributed by atoms with Gasteiger partial charge in [-0.05, 0) is 44.6 Å². The second kappa shape index (κ2) is 8.36. The van der Waals surface area contributed by atoms with Crippen LogP contribution in [0.2, 0.25) is 0 Å². The first kappa shape index (κ1) is 19.5. The van der Waals surface area contributed by atoms with E-state index in [2.05, 4.69) is 9.97 Å². The van der Waals surface area contributed by atoms with Crippen LogP contribution in [-0.2, 0) is 9.59 Å². The molecule has 3 aliphatic rings. The second-order valence-electron chi connectivity index (χ2n) is 9.22. The SMILES string of the molecule is O=C(C1CCCC1)N1CCC(C(=O)N2CCCC(c3nc4ccncc4[nH]3)C2)CC1. The number of piperidine rings is 2. The van der Waals surface area contributed by atoms with E-state index in [-0.39, 0.29) is 23.7 Å². The van der Waals surface area contributed by atoms with E-state index in [0.29, 0.717) is 5.91 Å². The predicted octanol–water partition coefficient (Wildman–Crippen LogP) is 3.09. The van der Waals surface area contributed by atoms with Crippen LogP contribution in [0.15, 0.2) is 18.5 Å². The third kappa shape index (κ3) is 3.82. The number of hydrogen-bond donors (Lipinski definition) is 1. The van der Waals surface area contributed by atoms with Gasteiger partial charge in [0, 0.05) is 50.1 Å². The van der Waals surface area contributed by atoms with E-state index in [0.717, 1.165) is 81.6 Å². The first-order valence-corrected chi connectivity index (χ1v) is 11.6. The van der Waals surface area contributed by atoms with E-state index in [1.807, 2.05) is 15.9 Å². The van der Waals surface area contributed by atoms with Crippen LogP contribution in [0.1, 0.15) is 63.1 Å². The highest BCUT2D eigenvalue weighted by Gasteiger charge is 2.35. The monoisotopic (exact) mass is 409 g/mol. The molecule has 1 atom stereocenters. The Morgan fingerprint density at radius 2 is 1.63 bits per heavy atom. The predicted molar refractivity (Wildman–Crippen MR) is 114 cm³/mol. The summed E-state index contributed by atoms with van der Waals surface area (Å²) in [6.45, 7) is 3.03. The zero-order valence-corrected chi connectivity index (χ0v) is 17.6. The van der Waals surface area contributed by atoms with E-state index in [4.69, 9.17) is 4.98 Å². The molecule has 2 aromatic heterocycles. The number of imidazole rings is 1. The largest absolute Gasteiger partial charge is 0.342 e. The minimum Gasteiger partial charge on any atom is -0.342 e. The number of carbonyl (C=O) groups is 2. The summed E-state index contributed by atoms with van der Waals surface area (Å²) in [5.41, 5.74) is 1.89. The van der Waals surface area contributed by atoms with Gasteiger partial charge in [-0.2, -0.15) is 0 Å². The lowest BCUT2D eigenvalue weighted by molar-refractivity contribution is -0.143. The lowest BCUT2D eigenvalue weighted by Gasteiger charge is -2.38. The number of fused-ring (bicyclic) bond motifs is 1. The Labute approximate surface area is 177 Å². The van der Waals surface area contributed by atoms with E-state index >= 15 is 0 Å². The molecule has 1 N–H and O–H groups in total. The highest BCUT2D eigenvalue weighted by Crippen LogP contribution is 2.31. The third-order valence-electron chi connectivity index (χ3n) is 7.28. The van der Waals surface area contributed by atoms with E-state index in [1.165, 1.54) is 12.8 Å². The number of pyridine rings is 1. The molecule has 0 radical (unpaired) electrons. The number of carbonyl (C=O) groups excluding carboxylic acids is 2. The summed E-state index contributed by atoms with van der Waals surface area (Å²) >= 11 is 0. The summed E-state index contributed by atoms with van der Waals surface area (Å²) in [6.07, 6.45) is 11.7. The van der Waals surface area contributed by atoms with Gasteiger partial charge in [-0.3, -0.25) is 14.6 Å². The molecule has 7 heteroatoms. The summed E-state index contributed by atoms with van der Waals surface area (Å²) < 4.78 is 0. The van der Waals surface area contributed by atoms with Gasteiger partial charge in [0.1, 0.15) is 5.82 Å². The first-order chi connectivity index (χ1) is 14.7. The molecule has 2 aromatic rings. The van der Waals surface area contributed by atoms with Gasteiger partial charge in [0.15, 0.2) is 0 Å². The van der Waals surface area contributed by atoms with Crippen molar-refractivity contribution in [3.8, 4) is 0 Å². The number of H-pyrrole nitrogens is 1. The Morgan fingerprint density at radius 1 is 0.900 bits per heavy atom. The lowest BCUT2D eigenvalue weighted by atomic mass is 9.91. The normalized spacial score (nSPS) is 23.9. The van der Waals surface area contributed by atoms with E-state index in [1.54, 1.807) is 12.4 Å². The van der Waals surface area contributed by atoms with Crippen LogP contribution >= 0.6 is 0 Å². The van der Waals surface area contributed by atoms with Crippen molar-refractivity contribution >= 4 is 22.8 Å². The fraction of sp³-hybridized carbons (Fsp3) is 0.652. The molecule has 0 aromatic carbocycles. The van der Waals surface area contributed by atoms with Crippen molar-refractivity contribution in [2.24, 2.45) is 11.8 Å². The lowest BCUT2D eigenvalue weighted by Crippen LogP contribution is -2.47. The van der Waals surface area contributed by atoms with Gasteiger partial charge < -0.3 is 14.8 Å². The highest BCUT2D eigenvalue weighted by atomic mass is 16.2. The van der Waals surface area contributed by atoms with Gasteiger partial charge in [0.25, 0.3) is 0 Å². The van der Waals surface area contributed by atoms with Crippen LogP contribution in [0.3, 0.4) is 0 Å². The van der Waals surface area contributed by atoms with E-state index in [9.17, 15) is 9.59 Å². The van der Waals surface area contributed by atoms with Gasteiger partial charge >= 0.3 is 0 Å².